The average molecular weight is 464 g/mol. The number of rotatable bonds is 4. The standard InChI is InChI=1S/C20H19F3N6O2S/c1-29-8-2-3-12(29)18(31)26-10-4-5-11-13(9-10)32-19(27-11)15(16(24)30)17-25-7-6-14(28-17)20(21,22)23/h4-7,9,12,27H,2-3,8H2,1H3,(H2,24,30)(H,26,31)/b19-15-/t12-/m0/s1. The number of alkyl halides is 3. The number of halogens is 3. The largest absolute Gasteiger partial charge is 0.433 e. The molecule has 8 nitrogen and oxygen atoms in total. The van der Waals surface area contributed by atoms with Gasteiger partial charge in [-0.1, -0.05) is 11.8 Å². The van der Waals surface area contributed by atoms with Gasteiger partial charge in [-0.2, -0.15) is 13.2 Å². The van der Waals surface area contributed by atoms with Crippen LogP contribution in [-0.2, 0) is 15.8 Å². The molecule has 4 N–H and O–H groups in total. The topological polar surface area (TPSA) is 113 Å². The number of nitrogens with zero attached hydrogens (tertiary/aromatic N) is 3. The molecule has 32 heavy (non-hydrogen) atoms. The summed E-state index contributed by atoms with van der Waals surface area (Å²) in [4.78, 5) is 34.5. The van der Waals surface area contributed by atoms with Gasteiger partial charge in [-0.3, -0.25) is 14.5 Å². The highest BCUT2D eigenvalue weighted by Crippen LogP contribution is 2.45. The van der Waals surface area contributed by atoms with E-state index in [-0.39, 0.29) is 22.6 Å². The van der Waals surface area contributed by atoms with E-state index in [1.54, 1.807) is 18.2 Å². The molecule has 168 valence electrons. The van der Waals surface area contributed by atoms with Gasteiger partial charge in [-0.15, -0.1) is 0 Å². The zero-order chi connectivity index (χ0) is 23.0. The highest BCUT2D eigenvalue weighted by Gasteiger charge is 2.34. The normalized spacial score (nSPS) is 19.9. The molecule has 0 aliphatic carbocycles. The minimum absolute atomic E-state index is 0.105. The highest BCUT2D eigenvalue weighted by molar-refractivity contribution is 8.04. The Bertz CT molecular complexity index is 1120. The molecule has 1 saturated heterocycles. The van der Waals surface area contributed by atoms with Crippen LogP contribution >= 0.6 is 11.8 Å². The van der Waals surface area contributed by atoms with Crippen LogP contribution in [-0.4, -0.2) is 46.3 Å². The number of nitrogens with one attached hydrogen (secondary N) is 2. The van der Waals surface area contributed by atoms with Gasteiger partial charge in [0.05, 0.1) is 16.8 Å². The van der Waals surface area contributed by atoms with Crippen LogP contribution in [0.2, 0.25) is 0 Å². The fourth-order valence-corrected chi connectivity index (χ4v) is 4.68. The summed E-state index contributed by atoms with van der Waals surface area (Å²) >= 11 is 1.10. The van der Waals surface area contributed by atoms with Crippen molar-refractivity contribution in [2.24, 2.45) is 5.73 Å². The predicted molar refractivity (Wildman–Crippen MR) is 113 cm³/mol. The van der Waals surface area contributed by atoms with Gasteiger partial charge in [0, 0.05) is 16.8 Å². The number of likely N-dealkylation sites (N-methyl/N-ethyl adjacent to an activating group) is 1. The van der Waals surface area contributed by atoms with Crippen molar-refractivity contribution < 1.29 is 22.8 Å². The Morgan fingerprint density at radius 3 is 2.75 bits per heavy atom. The van der Waals surface area contributed by atoms with E-state index >= 15 is 0 Å². The molecule has 3 heterocycles. The lowest BCUT2D eigenvalue weighted by Gasteiger charge is -2.18. The lowest BCUT2D eigenvalue weighted by Crippen LogP contribution is -2.37. The number of hydrogen-bond acceptors (Lipinski definition) is 7. The molecule has 0 unspecified atom stereocenters. The van der Waals surface area contributed by atoms with Crippen LogP contribution in [0.4, 0.5) is 24.5 Å². The molecular formula is C20H19F3N6O2S. The minimum Gasteiger partial charge on any atom is -0.365 e. The summed E-state index contributed by atoms with van der Waals surface area (Å²) in [5.74, 6) is -1.50. The molecule has 2 aliphatic heterocycles. The highest BCUT2D eigenvalue weighted by atomic mass is 32.2. The zero-order valence-corrected chi connectivity index (χ0v) is 17.7. The summed E-state index contributed by atoms with van der Waals surface area (Å²) in [6.07, 6.45) is -2.02. The summed E-state index contributed by atoms with van der Waals surface area (Å²) in [6.45, 7) is 0.865. The first-order chi connectivity index (χ1) is 15.1. The van der Waals surface area contributed by atoms with Gasteiger partial charge >= 0.3 is 6.18 Å². The number of benzene rings is 1. The molecule has 0 spiro atoms. The number of thioether (sulfide) groups is 1. The van der Waals surface area contributed by atoms with Crippen LogP contribution in [0.5, 0.6) is 0 Å². The molecule has 0 bridgehead atoms. The molecule has 2 aliphatic rings. The van der Waals surface area contributed by atoms with Crippen molar-refractivity contribution in [1.29, 1.82) is 0 Å². The number of hydrogen-bond donors (Lipinski definition) is 3. The van der Waals surface area contributed by atoms with E-state index < -0.39 is 23.6 Å². The summed E-state index contributed by atoms with van der Waals surface area (Å²) < 4.78 is 39.1. The Morgan fingerprint density at radius 2 is 2.09 bits per heavy atom. The minimum atomic E-state index is -4.69. The molecule has 0 saturated carbocycles. The fourth-order valence-electron chi connectivity index (χ4n) is 3.59. The zero-order valence-electron chi connectivity index (χ0n) is 16.9. The SMILES string of the molecule is CN1CCC[C@H]1C(=O)Nc1ccc2c(c1)S/C(=C(/C(N)=O)c1nccc(C(F)(F)F)n1)N2. The third kappa shape index (κ3) is 4.41. The van der Waals surface area contributed by atoms with E-state index in [0.29, 0.717) is 22.3 Å². The van der Waals surface area contributed by atoms with Crippen molar-refractivity contribution in [2.45, 2.75) is 30.0 Å². The first-order valence-corrected chi connectivity index (χ1v) is 10.5. The molecule has 1 atom stereocenters. The number of nitrogens with two attached hydrogens (primary N) is 1. The molecular weight excluding hydrogens is 445 g/mol. The van der Waals surface area contributed by atoms with E-state index in [2.05, 4.69) is 20.6 Å². The number of primary amides is 1. The Hall–Kier alpha value is -3.12. The smallest absolute Gasteiger partial charge is 0.365 e. The van der Waals surface area contributed by atoms with Crippen molar-refractivity contribution in [1.82, 2.24) is 14.9 Å². The number of carbonyl (C=O) groups is 2. The first-order valence-electron chi connectivity index (χ1n) is 9.68. The number of carbonyl (C=O) groups excluding carboxylic acids is 2. The molecule has 1 fully saturated rings. The number of fused-ring (bicyclic) bond motifs is 1. The van der Waals surface area contributed by atoms with Gasteiger partial charge in [0.1, 0.15) is 11.3 Å². The van der Waals surface area contributed by atoms with Crippen molar-refractivity contribution >= 4 is 40.5 Å². The van der Waals surface area contributed by atoms with E-state index in [4.69, 9.17) is 5.73 Å². The van der Waals surface area contributed by atoms with Crippen LogP contribution < -0.4 is 16.4 Å². The van der Waals surface area contributed by atoms with Crippen molar-refractivity contribution in [3.63, 3.8) is 0 Å². The van der Waals surface area contributed by atoms with Crippen LogP contribution in [0.25, 0.3) is 5.57 Å². The second-order valence-corrected chi connectivity index (χ2v) is 8.45. The molecule has 12 heteroatoms. The van der Waals surface area contributed by atoms with Crippen LogP contribution in [0, 0.1) is 0 Å². The lowest BCUT2D eigenvalue weighted by atomic mass is 10.2. The summed E-state index contributed by atoms with van der Waals surface area (Å²) in [7, 11) is 1.90. The van der Waals surface area contributed by atoms with Gasteiger partial charge in [0.2, 0.25) is 5.91 Å². The van der Waals surface area contributed by atoms with Crippen LogP contribution in [0.1, 0.15) is 24.4 Å². The Balaban J connectivity index is 1.60. The van der Waals surface area contributed by atoms with E-state index in [1.807, 2.05) is 11.9 Å². The first kappa shape index (κ1) is 22.1. The quantitative estimate of drug-likeness (QED) is 0.597. The number of amides is 2. The molecule has 4 rings (SSSR count). The summed E-state index contributed by atoms with van der Waals surface area (Å²) in [5.41, 5.74) is 5.20. The molecule has 1 aromatic heterocycles. The molecule has 2 aromatic rings. The van der Waals surface area contributed by atoms with Gasteiger partial charge in [-0.05, 0) is 50.7 Å². The number of anilines is 2. The Morgan fingerprint density at radius 1 is 1.31 bits per heavy atom. The molecule has 2 amide bonds. The van der Waals surface area contributed by atoms with Crippen LogP contribution in [0.15, 0.2) is 40.4 Å². The maximum absolute atomic E-state index is 13.0. The van der Waals surface area contributed by atoms with Gasteiger partial charge in [0.15, 0.2) is 5.82 Å². The van der Waals surface area contributed by atoms with E-state index in [1.165, 1.54) is 0 Å². The van der Waals surface area contributed by atoms with E-state index in [9.17, 15) is 22.8 Å². The second kappa shape index (κ2) is 8.43. The maximum atomic E-state index is 13.0. The summed E-state index contributed by atoms with van der Waals surface area (Å²) in [6, 6.07) is 5.65. The fraction of sp³-hybridized carbons (Fsp3) is 0.300. The third-order valence-electron chi connectivity index (χ3n) is 5.18. The predicted octanol–water partition coefficient (Wildman–Crippen LogP) is 2.90. The number of likely N-dealkylation sites (tertiary alicyclic amines) is 1. The monoisotopic (exact) mass is 464 g/mol. The van der Waals surface area contributed by atoms with Crippen LogP contribution in [0.3, 0.4) is 0 Å². The van der Waals surface area contributed by atoms with Crippen molar-refractivity contribution in [3.8, 4) is 0 Å². The maximum Gasteiger partial charge on any atom is 0.433 e. The Kier molecular flexibility index (Phi) is 5.82. The Labute approximate surface area is 185 Å². The van der Waals surface area contributed by atoms with Gasteiger partial charge in [0.25, 0.3) is 5.91 Å². The van der Waals surface area contributed by atoms with Crippen molar-refractivity contribution in [3.05, 3.63) is 47.0 Å². The van der Waals surface area contributed by atoms with Crippen molar-refractivity contribution in [2.75, 3.05) is 24.2 Å². The second-order valence-electron chi connectivity index (χ2n) is 7.40. The summed E-state index contributed by atoms with van der Waals surface area (Å²) in [5, 5.41) is 6.08. The lowest BCUT2D eigenvalue weighted by molar-refractivity contribution is -0.141. The van der Waals surface area contributed by atoms with E-state index in [0.717, 1.165) is 37.3 Å². The third-order valence-corrected chi connectivity index (χ3v) is 6.24. The average Bonchev–Trinajstić information content (AvgIpc) is 3.33. The molecule has 1 aromatic carbocycles. The number of aromatic nitrogens is 2. The van der Waals surface area contributed by atoms with Gasteiger partial charge in [-0.25, -0.2) is 9.97 Å². The van der Waals surface area contributed by atoms with Gasteiger partial charge < -0.3 is 16.4 Å². The molecule has 0 radical (unpaired) electrons.